The van der Waals surface area contributed by atoms with E-state index < -0.39 is 5.79 Å². The molecule has 0 saturated carbocycles. The molecule has 2 aliphatic rings. The lowest BCUT2D eigenvalue weighted by molar-refractivity contribution is -0.180. The molecule has 330 valence electrons. The van der Waals surface area contributed by atoms with Crippen molar-refractivity contribution in [3.05, 3.63) is 0 Å². The molecule has 0 aromatic carbocycles. The zero-order valence-electron chi connectivity index (χ0n) is 37.7. The summed E-state index contributed by atoms with van der Waals surface area (Å²) in [6.45, 7) is 14.5. The minimum Gasteiger partial charge on any atom is -0.466 e. The van der Waals surface area contributed by atoms with E-state index in [0.29, 0.717) is 37.9 Å². The fourth-order valence-electron chi connectivity index (χ4n) is 8.88. The Kier molecular flexibility index (Phi) is 31.5. The van der Waals surface area contributed by atoms with Gasteiger partial charge in [0.25, 0.3) is 0 Å². The molecule has 56 heavy (non-hydrogen) atoms. The molecular weight excluding hydrogens is 699 g/mol. The van der Waals surface area contributed by atoms with Crippen molar-refractivity contribution in [2.45, 2.75) is 251 Å². The van der Waals surface area contributed by atoms with Crippen molar-refractivity contribution in [3.63, 3.8) is 0 Å². The summed E-state index contributed by atoms with van der Waals surface area (Å²) in [5, 5.41) is 0. The van der Waals surface area contributed by atoms with E-state index in [9.17, 15) is 9.59 Å². The van der Waals surface area contributed by atoms with E-state index in [0.717, 1.165) is 96.6 Å². The number of carbonyl (C=O) groups excluding carboxylic acids is 2. The average Bonchev–Trinajstić information content (AvgIpc) is 3.88. The Bertz CT molecular complexity index is 908. The minimum absolute atomic E-state index is 0.00505. The van der Waals surface area contributed by atoms with Gasteiger partial charge < -0.3 is 23.8 Å². The topological polar surface area (TPSA) is 74.3 Å². The zero-order valence-corrected chi connectivity index (χ0v) is 37.7. The van der Waals surface area contributed by atoms with Crippen molar-refractivity contribution in [2.75, 3.05) is 39.5 Å². The van der Waals surface area contributed by atoms with Crippen LogP contribution in [0.5, 0.6) is 0 Å². The molecule has 0 amide bonds. The summed E-state index contributed by atoms with van der Waals surface area (Å²) in [6.07, 6.45) is 37.7. The standard InChI is InChI=1S/C49H93NO6/c1-5-9-27-44(28-10-6-2)34-41-53-47(51)31-21-17-14-13-15-19-23-36-49(55-43-46(56-49)33-40-50-38-25-26-39-50)37-24-20-16-18-22-32-48(52)54-42-35-45(29-11-7-3)30-12-8-4/h44-46H,5-43H2,1-4H3. The number of carbonyl (C=O) groups is 2. The summed E-state index contributed by atoms with van der Waals surface area (Å²) in [6, 6.07) is 0. The van der Waals surface area contributed by atoms with Crippen molar-refractivity contribution >= 4 is 11.9 Å². The highest BCUT2D eigenvalue weighted by Gasteiger charge is 2.40. The summed E-state index contributed by atoms with van der Waals surface area (Å²) >= 11 is 0. The second-order valence-electron chi connectivity index (χ2n) is 17.9. The third kappa shape index (κ3) is 26.0. The molecule has 0 radical (unpaired) electrons. The van der Waals surface area contributed by atoms with Crippen LogP contribution in [0.3, 0.4) is 0 Å². The summed E-state index contributed by atoms with van der Waals surface area (Å²) < 4.78 is 24.6. The van der Waals surface area contributed by atoms with E-state index in [2.05, 4.69) is 32.6 Å². The van der Waals surface area contributed by atoms with Crippen molar-refractivity contribution in [1.29, 1.82) is 0 Å². The Balaban J connectivity index is 1.59. The maximum Gasteiger partial charge on any atom is 0.305 e. The van der Waals surface area contributed by atoms with Crippen molar-refractivity contribution < 1.29 is 28.5 Å². The average molecular weight is 792 g/mol. The van der Waals surface area contributed by atoms with Gasteiger partial charge in [0, 0.05) is 32.2 Å². The SMILES string of the molecule is CCCCC(CCCC)CCOC(=O)CCCCCCCCCC1(CCCCCCCC(=O)OCCC(CCCC)CCCC)OCC(CCN2CCCC2)O1. The van der Waals surface area contributed by atoms with E-state index in [-0.39, 0.29) is 18.0 Å². The Morgan fingerprint density at radius 1 is 0.571 bits per heavy atom. The minimum atomic E-state index is -0.419. The van der Waals surface area contributed by atoms with Crippen LogP contribution in [0.4, 0.5) is 0 Å². The molecule has 7 heteroatoms. The maximum atomic E-state index is 12.4. The van der Waals surface area contributed by atoms with Crippen molar-refractivity contribution in [3.8, 4) is 0 Å². The molecule has 0 bridgehead atoms. The maximum absolute atomic E-state index is 12.4. The van der Waals surface area contributed by atoms with Gasteiger partial charge in [-0.3, -0.25) is 9.59 Å². The predicted octanol–water partition coefficient (Wildman–Crippen LogP) is 13.7. The smallest absolute Gasteiger partial charge is 0.305 e. The molecule has 2 rings (SSSR count). The lowest BCUT2D eigenvalue weighted by Gasteiger charge is -2.29. The Hall–Kier alpha value is -1.18. The van der Waals surface area contributed by atoms with Gasteiger partial charge in [-0.15, -0.1) is 0 Å². The van der Waals surface area contributed by atoms with Gasteiger partial charge in [-0.25, -0.2) is 0 Å². The van der Waals surface area contributed by atoms with Gasteiger partial charge in [0.05, 0.1) is 25.9 Å². The number of hydrogen-bond acceptors (Lipinski definition) is 7. The molecule has 0 spiro atoms. The number of esters is 2. The van der Waals surface area contributed by atoms with Gasteiger partial charge in [0.2, 0.25) is 0 Å². The van der Waals surface area contributed by atoms with E-state index in [1.165, 1.54) is 129 Å². The first-order chi connectivity index (χ1) is 27.4. The number of likely N-dealkylation sites (tertiary alicyclic amines) is 1. The molecule has 2 unspecified atom stereocenters. The first-order valence-corrected chi connectivity index (χ1v) is 24.8. The third-order valence-corrected chi connectivity index (χ3v) is 12.7. The Morgan fingerprint density at radius 3 is 1.41 bits per heavy atom. The molecule has 7 nitrogen and oxygen atoms in total. The zero-order chi connectivity index (χ0) is 40.4. The van der Waals surface area contributed by atoms with E-state index >= 15 is 0 Å². The van der Waals surface area contributed by atoms with Crippen LogP contribution in [0.25, 0.3) is 0 Å². The number of rotatable bonds is 39. The van der Waals surface area contributed by atoms with Crippen LogP contribution in [0.2, 0.25) is 0 Å². The first-order valence-electron chi connectivity index (χ1n) is 24.8. The summed E-state index contributed by atoms with van der Waals surface area (Å²) in [5.74, 6) is 0.981. The van der Waals surface area contributed by atoms with Crippen LogP contribution < -0.4 is 0 Å². The molecule has 0 aromatic heterocycles. The highest BCUT2D eigenvalue weighted by molar-refractivity contribution is 5.69. The first kappa shape index (κ1) is 51.0. The van der Waals surface area contributed by atoms with Crippen LogP contribution in [0, 0.1) is 11.8 Å². The van der Waals surface area contributed by atoms with Crippen LogP contribution in [-0.4, -0.2) is 68.2 Å². The van der Waals surface area contributed by atoms with Crippen LogP contribution in [0.15, 0.2) is 0 Å². The van der Waals surface area contributed by atoms with Gasteiger partial charge in [-0.2, -0.15) is 0 Å². The highest BCUT2D eigenvalue weighted by Crippen LogP contribution is 2.36. The molecule has 2 fully saturated rings. The second-order valence-corrected chi connectivity index (χ2v) is 17.9. The van der Waals surface area contributed by atoms with E-state index in [4.69, 9.17) is 18.9 Å². The molecule has 2 atom stereocenters. The molecule has 0 aliphatic carbocycles. The molecule has 2 saturated heterocycles. The molecule has 2 heterocycles. The summed E-state index contributed by atoms with van der Waals surface area (Å²) in [4.78, 5) is 27.3. The summed E-state index contributed by atoms with van der Waals surface area (Å²) in [5.41, 5.74) is 0. The van der Waals surface area contributed by atoms with Crippen LogP contribution in [0.1, 0.15) is 240 Å². The molecular formula is C49H93NO6. The fraction of sp³-hybridized carbons (Fsp3) is 0.959. The number of hydrogen-bond donors (Lipinski definition) is 0. The lowest BCUT2D eigenvalue weighted by atomic mass is 9.93. The monoisotopic (exact) mass is 792 g/mol. The van der Waals surface area contributed by atoms with Crippen molar-refractivity contribution in [1.82, 2.24) is 4.90 Å². The Labute approximate surface area is 347 Å². The largest absolute Gasteiger partial charge is 0.466 e. The Morgan fingerprint density at radius 2 is 0.982 bits per heavy atom. The predicted molar refractivity (Wildman–Crippen MR) is 234 cm³/mol. The fourth-order valence-corrected chi connectivity index (χ4v) is 8.88. The van der Waals surface area contributed by atoms with Crippen molar-refractivity contribution in [2.24, 2.45) is 11.8 Å². The van der Waals surface area contributed by atoms with E-state index in [1.807, 2.05) is 0 Å². The quantitative estimate of drug-likeness (QED) is 0.0453. The highest BCUT2D eigenvalue weighted by atomic mass is 16.7. The van der Waals surface area contributed by atoms with Gasteiger partial charge >= 0.3 is 11.9 Å². The molecule has 0 N–H and O–H groups in total. The van der Waals surface area contributed by atoms with Crippen LogP contribution in [-0.2, 0) is 28.5 Å². The normalized spacial score (nSPS) is 18.8. The number of unbranched alkanes of at least 4 members (excludes halogenated alkanes) is 14. The molecule has 0 aromatic rings. The number of nitrogens with zero attached hydrogens (tertiary/aromatic N) is 1. The van der Waals surface area contributed by atoms with Crippen LogP contribution >= 0.6 is 0 Å². The van der Waals surface area contributed by atoms with Gasteiger partial charge in [-0.1, -0.05) is 156 Å². The van der Waals surface area contributed by atoms with Gasteiger partial charge in [0.1, 0.15) is 0 Å². The molecule has 2 aliphatic heterocycles. The van der Waals surface area contributed by atoms with E-state index in [1.54, 1.807) is 0 Å². The van der Waals surface area contributed by atoms with Gasteiger partial charge in [0.15, 0.2) is 5.79 Å². The van der Waals surface area contributed by atoms with Gasteiger partial charge in [-0.05, 0) is 82.7 Å². The summed E-state index contributed by atoms with van der Waals surface area (Å²) in [7, 11) is 0. The third-order valence-electron chi connectivity index (χ3n) is 12.7. The number of ether oxygens (including phenoxy) is 4. The second kappa shape index (κ2) is 34.7. The lowest BCUT2D eigenvalue weighted by Crippen LogP contribution is -2.32.